The zero-order valence-corrected chi connectivity index (χ0v) is 20.7. The van der Waals surface area contributed by atoms with Crippen molar-refractivity contribution in [2.75, 3.05) is 40.3 Å². The van der Waals surface area contributed by atoms with Gasteiger partial charge in [-0.05, 0) is 30.4 Å². The normalized spacial score (nSPS) is 14.5. The van der Waals surface area contributed by atoms with E-state index in [1.165, 1.54) is 0 Å². The molecule has 0 aliphatic carbocycles. The van der Waals surface area contributed by atoms with Gasteiger partial charge in [0.25, 0.3) is 0 Å². The summed E-state index contributed by atoms with van der Waals surface area (Å²) in [6, 6.07) is 18.4. The highest BCUT2D eigenvalue weighted by atomic mass is 127. The summed E-state index contributed by atoms with van der Waals surface area (Å²) in [6.07, 6.45) is 2.63. The molecule has 1 aliphatic rings. The van der Waals surface area contributed by atoms with Crippen LogP contribution in [-0.4, -0.2) is 57.1 Å². The summed E-state index contributed by atoms with van der Waals surface area (Å²) >= 11 is 0. The minimum absolute atomic E-state index is 0. The van der Waals surface area contributed by atoms with Crippen LogP contribution in [0.3, 0.4) is 0 Å². The number of ether oxygens (including phenoxy) is 1. The molecule has 1 saturated heterocycles. The van der Waals surface area contributed by atoms with Gasteiger partial charge in [-0.2, -0.15) is 0 Å². The molecule has 0 atom stereocenters. The van der Waals surface area contributed by atoms with Crippen molar-refractivity contribution in [1.82, 2.24) is 15.5 Å². The molecule has 0 radical (unpaired) electrons. The van der Waals surface area contributed by atoms with Crippen molar-refractivity contribution >= 4 is 35.8 Å². The van der Waals surface area contributed by atoms with Crippen LogP contribution in [0.5, 0.6) is 5.75 Å². The Bertz CT molecular complexity index is 836. The number of piperidine rings is 1. The quantitative estimate of drug-likeness (QED) is 0.245. The molecule has 0 saturated carbocycles. The maximum atomic E-state index is 11.6. The number of likely N-dealkylation sites (tertiary alicyclic amines) is 1. The molecule has 0 unspecified atom stereocenters. The average Bonchev–Trinajstić information content (AvgIpc) is 2.80. The Morgan fingerprint density at radius 3 is 2.45 bits per heavy atom. The Balaban J connectivity index is 0.00000341. The van der Waals surface area contributed by atoms with Gasteiger partial charge in [0.05, 0.1) is 6.54 Å². The lowest BCUT2D eigenvalue weighted by atomic mass is 9.93. The third kappa shape index (κ3) is 7.41. The predicted octanol–water partition coefficient (Wildman–Crippen LogP) is 3.77. The molecule has 1 fully saturated rings. The molecule has 1 amide bonds. The summed E-state index contributed by atoms with van der Waals surface area (Å²) in [5.74, 6) is 2.37. The number of rotatable bonds is 7. The Labute approximate surface area is 202 Å². The van der Waals surface area contributed by atoms with Gasteiger partial charge in [-0.25, -0.2) is 0 Å². The number of halogens is 1. The van der Waals surface area contributed by atoms with E-state index in [1.54, 1.807) is 7.05 Å². The fourth-order valence-electron chi connectivity index (χ4n) is 3.82. The van der Waals surface area contributed by atoms with E-state index in [0.29, 0.717) is 25.5 Å². The fraction of sp³-hybridized carbons (Fsp3) is 0.417. The van der Waals surface area contributed by atoms with E-state index in [9.17, 15) is 4.79 Å². The van der Waals surface area contributed by atoms with Crippen molar-refractivity contribution in [2.24, 2.45) is 10.9 Å². The summed E-state index contributed by atoms with van der Waals surface area (Å²) in [5, 5.41) is 6.12. The molecular weight excluding hydrogens is 503 g/mol. The number of benzene rings is 2. The second kappa shape index (κ2) is 13.2. The molecule has 1 aliphatic heterocycles. The van der Waals surface area contributed by atoms with Crippen molar-refractivity contribution in [3.05, 3.63) is 54.6 Å². The van der Waals surface area contributed by atoms with Crippen LogP contribution >= 0.6 is 24.0 Å². The number of guanidine groups is 1. The van der Waals surface area contributed by atoms with Gasteiger partial charge >= 0.3 is 0 Å². The average molecular weight is 536 g/mol. The van der Waals surface area contributed by atoms with Crippen molar-refractivity contribution in [2.45, 2.75) is 19.3 Å². The van der Waals surface area contributed by atoms with Crippen LogP contribution in [0.25, 0.3) is 11.1 Å². The first-order valence-electron chi connectivity index (χ1n) is 10.6. The maximum Gasteiger partial charge on any atom is 0.220 e. The molecule has 6 nitrogen and oxygen atoms in total. The second-order valence-electron chi connectivity index (χ2n) is 7.49. The lowest BCUT2D eigenvalue weighted by Crippen LogP contribution is -2.46. The van der Waals surface area contributed by atoms with Crippen LogP contribution < -0.4 is 15.4 Å². The van der Waals surface area contributed by atoms with E-state index in [1.807, 2.05) is 43.4 Å². The number of amides is 1. The molecule has 31 heavy (non-hydrogen) atoms. The number of aliphatic imine (C=N–C) groups is 1. The van der Waals surface area contributed by atoms with Gasteiger partial charge in [0.15, 0.2) is 5.96 Å². The molecule has 0 bridgehead atoms. The first-order chi connectivity index (χ1) is 14.7. The lowest BCUT2D eigenvalue weighted by molar-refractivity contribution is -0.121. The number of carbonyl (C=O) groups excluding carboxylic acids is 1. The minimum atomic E-state index is 0. The largest absolute Gasteiger partial charge is 0.491 e. The zero-order valence-electron chi connectivity index (χ0n) is 18.3. The molecule has 0 aromatic heterocycles. The topological polar surface area (TPSA) is 66.0 Å². The maximum absolute atomic E-state index is 11.6. The molecule has 0 spiro atoms. The number of carbonyl (C=O) groups is 1. The number of para-hydroxylation sites is 1. The Morgan fingerprint density at radius 2 is 1.77 bits per heavy atom. The van der Waals surface area contributed by atoms with E-state index in [0.717, 1.165) is 48.8 Å². The van der Waals surface area contributed by atoms with Crippen LogP contribution in [0.1, 0.15) is 19.3 Å². The predicted molar refractivity (Wildman–Crippen MR) is 137 cm³/mol. The van der Waals surface area contributed by atoms with Crippen LogP contribution in [0.4, 0.5) is 0 Å². The number of hydrogen-bond acceptors (Lipinski definition) is 3. The van der Waals surface area contributed by atoms with Gasteiger partial charge in [-0.3, -0.25) is 9.79 Å². The second-order valence-corrected chi connectivity index (χ2v) is 7.49. The van der Waals surface area contributed by atoms with Gasteiger partial charge in [-0.15, -0.1) is 24.0 Å². The summed E-state index contributed by atoms with van der Waals surface area (Å²) in [4.78, 5) is 18.3. The number of nitrogens with one attached hydrogen (secondary N) is 2. The lowest BCUT2D eigenvalue weighted by Gasteiger charge is -2.34. The molecule has 2 aromatic carbocycles. The van der Waals surface area contributed by atoms with Gasteiger partial charge in [0.1, 0.15) is 12.4 Å². The minimum Gasteiger partial charge on any atom is -0.491 e. The van der Waals surface area contributed by atoms with E-state index in [-0.39, 0.29) is 29.9 Å². The Morgan fingerprint density at radius 1 is 1.10 bits per heavy atom. The first-order valence-corrected chi connectivity index (χ1v) is 10.6. The first kappa shape index (κ1) is 25.0. The van der Waals surface area contributed by atoms with Gasteiger partial charge < -0.3 is 20.3 Å². The summed E-state index contributed by atoms with van der Waals surface area (Å²) in [6.45, 7) is 3.06. The van der Waals surface area contributed by atoms with Crippen LogP contribution in [0, 0.1) is 5.92 Å². The summed E-state index contributed by atoms with van der Waals surface area (Å²) < 4.78 is 6.07. The number of hydrogen-bond donors (Lipinski definition) is 2. The van der Waals surface area contributed by atoms with Crippen molar-refractivity contribution in [1.29, 1.82) is 0 Å². The molecule has 2 aromatic rings. The number of nitrogens with zero attached hydrogens (tertiary/aromatic N) is 2. The molecule has 7 heteroatoms. The molecule has 1 heterocycles. The standard InChI is InChI=1S/C24H32N4O2.HI/c1-25-23(29)18-19-12-15-28(16-13-19)24(26-2)27-14-17-30-22-11-7-6-10-21(22)20-8-4-3-5-9-20;/h3-11,19H,12-18H2,1-2H3,(H,25,29)(H,26,27);1H. The summed E-state index contributed by atoms with van der Waals surface area (Å²) in [5.41, 5.74) is 2.25. The van der Waals surface area contributed by atoms with Crippen molar-refractivity contribution in [3.63, 3.8) is 0 Å². The molecule has 2 N–H and O–H groups in total. The fourth-order valence-corrected chi connectivity index (χ4v) is 3.82. The SMILES string of the molecule is CN=C(NCCOc1ccccc1-c1ccccc1)N1CCC(CC(=O)NC)CC1.I. The van der Waals surface area contributed by atoms with Crippen LogP contribution in [0.15, 0.2) is 59.6 Å². The van der Waals surface area contributed by atoms with Gasteiger partial charge in [-0.1, -0.05) is 48.5 Å². The molecule has 168 valence electrons. The smallest absolute Gasteiger partial charge is 0.220 e. The van der Waals surface area contributed by atoms with Gasteiger partial charge in [0, 0.05) is 39.2 Å². The van der Waals surface area contributed by atoms with E-state index in [4.69, 9.17) is 4.74 Å². The van der Waals surface area contributed by atoms with E-state index < -0.39 is 0 Å². The third-order valence-electron chi connectivity index (χ3n) is 5.49. The Kier molecular flexibility index (Phi) is 10.6. The van der Waals surface area contributed by atoms with Crippen LogP contribution in [0.2, 0.25) is 0 Å². The van der Waals surface area contributed by atoms with Crippen LogP contribution in [-0.2, 0) is 4.79 Å². The van der Waals surface area contributed by atoms with E-state index >= 15 is 0 Å². The summed E-state index contributed by atoms with van der Waals surface area (Å²) in [7, 11) is 3.51. The Hall–Kier alpha value is -2.29. The molecular formula is C24H33IN4O2. The van der Waals surface area contributed by atoms with E-state index in [2.05, 4.69) is 38.7 Å². The third-order valence-corrected chi connectivity index (χ3v) is 5.49. The monoisotopic (exact) mass is 536 g/mol. The van der Waals surface area contributed by atoms with Crippen molar-refractivity contribution in [3.8, 4) is 16.9 Å². The van der Waals surface area contributed by atoms with Gasteiger partial charge in [0.2, 0.25) is 5.91 Å². The molecule has 3 rings (SSSR count). The van der Waals surface area contributed by atoms with Crippen molar-refractivity contribution < 1.29 is 9.53 Å². The highest BCUT2D eigenvalue weighted by Gasteiger charge is 2.22. The highest BCUT2D eigenvalue weighted by Crippen LogP contribution is 2.29. The zero-order chi connectivity index (χ0) is 21.2. The highest BCUT2D eigenvalue weighted by molar-refractivity contribution is 14.0.